The van der Waals surface area contributed by atoms with Gasteiger partial charge in [-0.05, 0) is 25.1 Å². The van der Waals surface area contributed by atoms with Gasteiger partial charge in [0, 0.05) is 21.7 Å². The van der Waals surface area contributed by atoms with Crippen molar-refractivity contribution in [3.8, 4) is 11.3 Å². The summed E-state index contributed by atoms with van der Waals surface area (Å²) in [4.78, 5) is 4.54. The summed E-state index contributed by atoms with van der Waals surface area (Å²) in [5, 5.41) is 13.5. The normalized spacial score (nSPS) is 14.3. The van der Waals surface area contributed by atoms with Crippen LogP contribution in [0, 0.1) is 5.82 Å². The molecule has 1 unspecified atom stereocenters. The quantitative estimate of drug-likeness (QED) is 0.682. The highest BCUT2D eigenvalue weighted by molar-refractivity contribution is 9.09. The highest BCUT2D eigenvalue weighted by atomic mass is 79.9. The molecule has 2 heterocycles. The zero-order valence-corrected chi connectivity index (χ0v) is 13.7. The minimum atomic E-state index is -1.03. The molecule has 1 atom stereocenters. The average Bonchev–Trinajstić information content (AvgIpc) is 2.93. The summed E-state index contributed by atoms with van der Waals surface area (Å²) >= 11 is 4.66. The Morgan fingerprint density at radius 2 is 2.05 bits per heavy atom. The number of halogens is 2. The molecule has 0 spiro atoms. The summed E-state index contributed by atoms with van der Waals surface area (Å²) in [6.45, 7) is 1.71. The second kappa shape index (κ2) is 5.48. The van der Waals surface area contributed by atoms with Crippen LogP contribution in [0.2, 0.25) is 0 Å². The lowest BCUT2D eigenvalue weighted by Crippen LogP contribution is -2.24. The Labute approximate surface area is 134 Å². The van der Waals surface area contributed by atoms with Crippen LogP contribution in [0.5, 0.6) is 0 Å². The number of benzene rings is 1. The lowest BCUT2D eigenvalue weighted by Gasteiger charge is -2.20. The third-order valence-electron chi connectivity index (χ3n) is 3.39. The van der Waals surface area contributed by atoms with E-state index in [0.717, 1.165) is 16.6 Å². The molecule has 0 fully saturated rings. The predicted molar refractivity (Wildman–Crippen MR) is 88.4 cm³/mol. The highest BCUT2D eigenvalue weighted by Gasteiger charge is 2.23. The minimum Gasteiger partial charge on any atom is -0.383 e. The van der Waals surface area contributed by atoms with Crippen molar-refractivity contribution in [1.82, 2.24) is 4.98 Å². The van der Waals surface area contributed by atoms with E-state index >= 15 is 0 Å². The standard InChI is InChI=1S/C16H13BrFNOS/c1-16(20,9-17)14-7-3-6-13(19-14)11-8-21-15-10(11)4-2-5-12(15)18/h2-8,20H,9H2,1H3. The smallest absolute Gasteiger partial charge is 0.141 e. The number of aliphatic hydroxyl groups is 1. The Kier molecular flexibility index (Phi) is 3.82. The molecule has 0 aliphatic rings. The Morgan fingerprint density at radius 1 is 1.29 bits per heavy atom. The van der Waals surface area contributed by atoms with E-state index in [4.69, 9.17) is 0 Å². The fourth-order valence-corrected chi connectivity index (χ4v) is 3.43. The molecule has 21 heavy (non-hydrogen) atoms. The topological polar surface area (TPSA) is 33.1 Å². The van der Waals surface area contributed by atoms with Crippen molar-refractivity contribution in [3.05, 3.63) is 53.3 Å². The average molecular weight is 366 g/mol. The van der Waals surface area contributed by atoms with Crippen LogP contribution >= 0.6 is 27.3 Å². The van der Waals surface area contributed by atoms with Crippen LogP contribution in [-0.2, 0) is 5.60 Å². The molecule has 0 saturated carbocycles. The third-order valence-corrected chi connectivity index (χ3v) is 5.48. The third kappa shape index (κ3) is 2.61. The van der Waals surface area contributed by atoms with Crippen molar-refractivity contribution in [3.63, 3.8) is 0 Å². The summed E-state index contributed by atoms with van der Waals surface area (Å²) in [6, 6.07) is 10.6. The summed E-state index contributed by atoms with van der Waals surface area (Å²) in [5.74, 6) is -0.215. The van der Waals surface area contributed by atoms with Gasteiger partial charge in [0.1, 0.15) is 11.4 Å². The molecule has 5 heteroatoms. The lowest BCUT2D eigenvalue weighted by atomic mass is 10.0. The number of pyridine rings is 1. The zero-order chi connectivity index (χ0) is 15.0. The van der Waals surface area contributed by atoms with Gasteiger partial charge in [0.05, 0.1) is 16.1 Å². The molecule has 3 aromatic rings. The maximum atomic E-state index is 13.8. The van der Waals surface area contributed by atoms with Crippen LogP contribution in [0.25, 0.3) is 21.3 Å². The van der Waals surface area contributed by atoms with Gasteiger partial charge in [-0.25, -0.2) is 9.37 Å². The first-order chi connectivity index (χ1) is 10.0. The van der Waals surface area contributed by atoms with Gasteiger partial charge < -0.3 is 5.11 Å². The van der Waals surface area contributed by atoms with E-state index in [2.05, 4.69) is 20.9 Å². The molecule has 0 aliphatic heterocycles. The maximum absolute atomic E-state index is 13.8. The molecule has 108 valence electrons. The van der Waals surface area contributed by atoms with Crippen molar-refractivity contribution in [2.45, 2.75) is 12.5 Å². The second-order valence-electron chi connectivity index (χ2n) is 5.08. The zero-order valence-electron chi connectivity index (χ0n) is 11.3. The van der Waals surface area contributed by atoms with Crippen LogP contribution in [0.4, 0.5) is 4.39 Å². The number of hydrogen-bond donors (Lipinski definition) is 1. The summed E-state index contributed by atoms with van der Waals surface area (Å²) in [6.07, 6.45) is 0. The van der Waals surface area contributed by atoms with Crippen molar-refractivity contribution < 1.29 is 9.50 Å². The van der Waals surface area contributed by atoms with Crippen LogP contribution in [0.15, 0.2) is 41.8 Å². The highest BCUT2D eigenvalue weighted by Crippen LogP contribution is 2.35. The van der Waals surface area contributed by atoms with Crippen LogP contribution in [0.3, 0.4) is 0 Å². The SMILES string of the molecule is CC(O)(CBr)c1cccc(-c2csc3c(F)cccc23)n1. The Balaban J connectivity index is 2.16. The molecule has 0 amide bonds. The molecule has 3 rings (SSSR count). The van der Waals surface area contributed by atoms with E-state index in [1.165, 1.54) is 17.4 Å². The van der Waals surface area contributed by atoms with Crippen LogP contribution in [0.1, 0.15) is 12.6 Å². The van der Waals surface area contributed by atoms with Gasteiger partial charge in [-0.1, -0.05) is 34.1 Å². The largest absolute Gasteiger partial charge is 0.383 e. The van der Waals surface area contributed by atoms with Crippen LogP contribution in [-0.4, -0.2) is 15.4 Å². The van der Waals surface area contributed by atoms with Gasteiger partial charge in [0.15, 0.2) is 0 Å². The van der Waals surface area contributed by atoms with Crippen molar-refractivity contribution in [2.24, 2.45) is 0 Å². The van der Waals surface area contributed by atoms with Gasteiger partial charge in [0.25, 0.3) is 0 Å². The molecular weight excluding hydrogens is 353 g/mol. The van der Waals surface area contributed by atoms with E-state index in [1.807, 2.05) is 23.6 Å². The van der Waals surface area contributed by atoms with Crippen LogP contribution < -0.4 is 0 Å². The van der Waals surface area contributed by atoms with Gasteiger partial charge in [0.2, 0.25) is 0 Å². The first kappa shape index (κ1) is 14.6. The Hall–Kier alpha value is -1.30. The molecule has 1 N–H and O–H groups in total. The number of fused-ring (bicyclic) bond motifs is 1. The number of alkyl halides is 1. The molecule has 0 aliphatic carbocycles. The summed E-state index contributed by atoms with van der Waals surface area (Å²) in [7, 11) is 0. The molecule has 0 saturated heterocycles. The van der Waals surface area contributed by atoms with Crippen molar-refractivity contribution >= 4 is 37.4 Å². The molecule has 0 radical (unpaired) electrons. The van der Waals surface area contributed by atoms with E-state index in [-0.39, 0.29) is 5.82 Å². The molecule has 0 bridgehead atoms. The van der Waals surface area contributed by atoms with Gasteiger partial charge in [-0.15, -0.1) is 11.3 Å². The fourth-order valence-electron chi connectivity index (χ4n) is 2.17. The molecular formula is C16H13BrFNOS. The number of aromatic nitrogens is 1. The number of rotatable bonds is 3. The molecule has 2 nitrogen and oxygen atoms in total. The number of thiophene rings is 1. The first-order valence-corrected chi connectivity index (χ1v) is 8.45. The minimum absolute atomic E-state index is 0.215. The van der Waals surface area contributed by atoms with E-state index in [9.17, 15) is 9.50 Å². The monoisotopic (exact) mass is 365 g/mol. The van der Waals surface area contributed by atoms with E-state index in [0.29, 0.717) is 15.7 Å². The number of nitrogens with zero attached hydrogens (tertiary/aromatic N) is 1. The van der Waals surface area contributed by atoms with Crippen molar-refractivity contribution in [1.29, 1.82) is 0 Å². The van der Waals surface area contributed by atoms with E-state index < -0.39 is 5.60 Å². The van der Waals surface area contributed by atoms with Crippen molar-refractivity contribution in [2.75, 3.05) is 5.33 Å². The Bertz CT molecular complexity index is 800. The first-order valence-electron chi connectivity index (χ1n) is 6.45. The maximum Gasteiger partial charge on any atom is 0.141 e. The number of hydrogen-bond acceptors (Lipinski definition) is 3. The van der Waals surface area contributed by atoms with Gasteiger partial charge >= 0.3 is 0 Å². The second-order valence-corrected chi connectivity index (χ2v) is 6.52. The van der Waals surface area contributed by atoms with Gasteiger partial charge in [-0.3, -0.25) is 0 Å². The summed E-state index contributed by atoms with van der Waals surface area (Å²) < 4.78 is 14.4. The summed E-state index contributed by atoms with van der Waals surface area (Å²) in [5.41, 5.74) is 1.19. The Morgan fingerprint density at radius 3 is 2.81 bits per heavy atom. The molecule has 1 aromatic carbocycles. The fraction of sp³-hybridized carbons (Fsp3) is 0.188. The van der Waals surface area contributed by atoms with Gasteiger partial charge in [-0.2, -0.15) is 0 Å². The molecule has 2 aromatic heterocycles. The predicted octanol–water partition coefficient (Wildman–Crippen LogP) is 4.70. The van der Waals surface area contributed by atoms with E-state index in [1.54, 1.807) is 19.1 Å². The lowest BCUT2D eigenvalue weighted by molar-refractivity contribution is 0.0806.